The normalized spacial score (nSPS) is 21.9. The van der Waals surface area contributed by atoms with E-state index in [-0.39, 0.29) is 5.91 Å². The molecule has 1 aromatic carbocycles. The van der Waals surface area contributed by atoms with Crippen LogP contribution in [-0.2, 0) is 9.59 Å². The van der Waals surface area contributed by atoms with Crippen LogP contribution in [0.25, 0.3) is 0 Å². The molecule has 2 unspecified atom stereocenters. The van der Waals surface area contributed by atoms with Crippen molar-refractivity contribution in [3.05, 3.63) is 36.4 Å². The summed E-state index contributed by atoms with van der Waals surface area (Å²) in [6.07, 6.45) is 4.71. The van der Waals surface area contributed by atoms with Gasteiger partial charge in [-0.05, 0) is 37.1 Å². The number of hydrogen-bond acceptors (Lipinski definition) is 3. The number of aliphatic carboxylic acids is 1. The minimum Gasteiger partial charge on any atom is -0.481 e. The first-order valence-corrected chi connectivity index (χ1v) is 6.52. The maximum atomic E-state index is 12.1. The van der Waals surface area contributed by atoms with Gasteiger partial charge in [-0.1, -0.05) is 12.2 Å². The second-order valence-electron chi connectivity index (χ2n) is 4.51. The molecule has 4 nitrogen and oxygen atoms in total. The van der Waals surface area contributed by atoms with Crippen LogP contribution in [0.4, 0.5) is 5.69 Å². The molecule has 0 bridgehead atoms. The van der Waals surface area contributed by atoms with Crippen LogP contribution in [0.15, 0.2) is 41.3 Å². The summed E-state index contributed by atoms with van der Waals surface area (Å²) in [7, 11) is 0. The number of carbonyl (C=O) groups is 2. The molecule has 0 spiro atoms. The van der Waals surface area contributed by atoms with Gasteiger partial charge in [0.2, 0.25) is 5.91 Å². The molecule has 2 N–H and O–H groups in total. The van der Waals surface area contributed by atoms with Gasteiger partial charge in [-0.3, -0.25) is 9.59 Å². The average molecular weight is 277 g/mol. The summed E-state index contributed by atoms with van der Waals surface area (Å²) in [6.45, 7) is 0. The standard InChI is InChI=1S/C14H15NO3S/c16-13(15-9-5-7-10(19)8-6-9)11-3-1-2-4-12(11)14(17)18/h2,4-8,11-12,19H,1,3H2,(H,15,16)(H,17,18). The molecule has 1 aliphatic rings. The Balaban J connectivity index is 2.08. The van der Waals surface area contributed by atoms with Crippen molar-refractivity contribution in [3.63, 3.8) is 0 Å². The number of thiol groups is 1. The summed E-state index contributed by atoms with van der Waals surface area (Å²) in [5.74, 6) is -2.46. The highest BCUT2D eigenvalue weighted by atomic mass is 32.1. The van der Waals surface area contributed by atoms with E-state index in [9.17, 15) is 9.59 Å². The number of benzene rings is 1. The first-order chi connectivity index (χ1) is 9.08. The molecule has 2 rings (SSSR count). The molecule has 1 amide bonds. The minimum atomic E-state index is -0.957. The van der Waals surface area contributed by atoms with Crippen molar-refractivity contribution in [2.24, 2.45) is 11.8 Å². The topological polar surface area (TPSA) is 66.4 Å². The Morgan fingerprint density at radius 3 is 2.58 bits per heavy atom. The molecule has 0 aliphatic heterocycles. The van der Waals surface area contributed by atoms with Crippen LogP contribution < -0.4 is 5.32 Å². The molecule has 100 valence electrons. The lowest BCUT2D eigenvalue weighted by molar-refractivity contribution is -0.144. The van der Waals surface area contributed by atoms with Crippen molar-refractivity contribution in [2.45, 2.75) is 17.7 Å². The van der Waals surface area contributed by atoms with E-state index >= 15 is 0 Å². The molecule has 2 atom stereocenters. The first-order valence-electron chi connectivity index (χ1n) is 6.07. The zero-order chi connectivity index (χ0) is 13.8. The quantitative estimate of drug-likeness (QED) is 0.587. The van der Waals surface area contributed by atoms with Crippen LogP contribution in [0.3, 0.4) is 0 Å². The zero-order valence-electron chi connectivity index (χ0n) is 10.2. The predicted molar refractivity (Wildman–Crippen MR) is 75.3 cm³/mol. The van der Waals surface area contributed by atoms with Gasteiger partial charge in [-0.2, -0.15) is 0 Å². The van der Waals surface area contributed by atoms with Gasteiger partial charge in [-0.25, -0.2) is 0 Å². The third-order valence-electron chi connectivity index (χ3n) is 3.18. The molecule has 0 heterocycles. The Kier molecular flexibility index (Phi) is 4.27. The number of carboxylic acid groups (broad SMARTS) is 1. The summed E-state index contributed by atoms with van der Waals surface area (Å²) >= 11 is 4.17. The third kappa shape index (κ3) is 3.38. The van der Waals surface area contributed by atoms with Crippen molar-refractivity contribution < 1.29 is 14.7 Å². The number of carboxylic acids is 1. The molecule has 0 saturated carbocycles. The summed E-state index contributed by atoms with van der Waals surface area (Å²) in [5, 5.41) is 11.9. The molecule has 1 aliphatic carbocycles. The van der Waals surface area contributed by atoms with E-state index < -0.39 is 17.8 Å². The number of nitrogens with one attached hydrogen (secondary N) is 1. The fourth-order valence-electron chi connectivity index (χ4n) is 2.16. The van der Waals surface area contributed by atoms with Crippen molar-refractivity contribution in [3.8, 4) is 0 Å². The monoisotopic (exact) mass is 277 g/mol. The number of anilines is 1. The number of allylic oxidation sites excluding steroid dienone is 1. The molecule has 0 saturated heterocycles. The lowest BCUT2D eigenvalue weighted by atomic mass is 9.83. The van der Waals surface area contributed by atoms with Gasteiger partial charge in [0, 0.05) is 10.6 Å². The maximum absolute atomic E-state index is 12.1. The Hall–Kier alpha value is -1.75. The van der Waals surface area contributed by atoms with Gasteiger partial charge in [-0.15, -0.1) is 12.6 Å². The molecule has 0 radical (unpaired) electrons. The van der Waals surface area contributed by atoms with Crippen LogP contribution >= 0.6 is 12.6 Å². The Morgan fingerprint density at radius 1 is 1.26 bits per heavy atom. The van der Waals surface area contributed by atoms with E-state index in [0.717, 1.165) is 11.3 Å². The fourth-order valence-corrected chi connectivity index (χ4v) is 2.31. The number of carbonyl (C=O) groups excluding carboxylic acids is 1. The highest BCUT2D eigenvalue weighted by Crippen LogP contribution is 2.26. The largest absolute Gasteiger partial charge is 0.481 e. The van der Waals surface area contributed by atoms with Gasteiger partial charge < -0.3 is 10.4 Å². The molecule has 5 heteroatoms. The third-order valence-corrected chi connectivity index (χ3v) is 3.48. The second-order valence-corrected chi connectivity index (χ2v) is 5.03. The zero-order valence-corrected chi connectivity index (χ0v) is 11.1. The van der Waals surface area contributed by atoms with Gasteiger partial charge in [0.1, 0.15) is 0 Å². The Bertz CT molecular complexity index is 510. The number of rotatable bonds is 3. The number of amides is 1. The van der Waals surface area contributed by atoms with E-state index in [4.69, 9.17) is 5.11 Å². The molecule has 0 aromatic heterocycles. The van der Waals surface area contributed by atoms with Gasteiger partial charge >= 0.3 is 5.97 Å². The second kappa shape index (κ2) is 5.93. The van der Waals surface area contributed by atoms with Crippen molar-refractivity contribution in [1.29, 1.82) is 0 Å². The van der Waals surface area contributed by atoms with Crippen LogP contribution in [0.2, 0.25) is 0 Å². The minimum absolute atomic E-state index is 0.247. The molecule has 0 fully saturated rings. The highest BCUT2D eigenvalue weighted by molar-refractivity contribution is 7.80. The smallest absolute Gasteiger partial charge is 0.311 e. The van der Waals surface area contributed by atoms with Crippen LogP contribution in [-0.4, -0.2) is 17.0 Å². The lowest BCUT2D eigenvalue weighted by Crippen LogP contribution is -2.34. The van der Waals surface area contributed by atoms with E-state index in [0.29, 0.717) is 12.1 Å². The van der Waals surface area contributed by atoms with E-state index in [2.05, 4.69) is 17.9 Å². The van der Waals surface area contributed by atoms with E-state index in [1.54, 1.807) is 30.3 Å². The molecular formula is C14H15NO3S. The van der Waals surface area contributed by atoms with Gasteiger partial charge in [0.15, 0.2) is 0 Å². The maximum Gasteiger partial charge on any atom is 0.311 e. The van der Waals surface area contributed by atoms with Gasteiger partial charge in [0.25, 0.3) is 0 Å². The van der Waals surface area contributed by atoms with Crippen molar-refractivity contribution >= 4 is 30.2 Å². The molecule has 1 aromatic rings. The summed E-state index contributed by atoms with van der Waals surface area (Å²) in [4.78, 5) is 24.1. The number of hydrogen-bond donors (Lipinski definition) is 3. The molecular weight excluding hydrogens is 262 g/mol. The summed E-state index contributed by atoms with van der Waals surface area (Å²) in [6, 6.07) is 7.03. The SMILES string of the molecule is O=C(O)C1C=CCCC1C(=O)Nc1ccc(S)cc1. The Morgan fingerprint density at radius 2 is 1.95 bits per heavy atom. The fraction of sp³-hybridized carbons (Fsp3) is 0.286. The average Bonchev–Trinajstić information content (AvgIpc) is 2.41. The summed E-state index contributed by atoms with van der Waals surface area (Å²) < 4.78 is 0. The van der Waals surface area contributed by atoms with Crippen molar-refractivity contribution in [1.82, 2.24) is 0 Å². The Labute approximate surface area is 116 Å². The highest BCUT2D eigenvalue weighted by Gasteiger charge is 2.33. The molecule has 19 heavy (non-hydrogen) atoms. The van der Waals surface area contributed by atoms with E-state index in [1.165, 1.54) is 0 Å². The summed E-state index contributed by atoms with van der Waals surface area (Å²) in [5.41, 5.74) is 0.654. The van der Waals surface area contributed by atoms with Crippen LogP contribution in [0.5, 0.6) is 0 Å². The van der Waals surface area contributed by atoms with Gasteiger partial charge in [0.05, 0.1) is 11.8 Å². The van der Waals surface area contributed by atoms with E-state index in [1.807, 2.05) is 6.08 Å². The first kappa shape index (κ1) is 13.7. The predicted octanol–water partition coefficient (Wildman–Crippen LogP) is 2.58. The lowest BCUT2D eigenvalue weighted by Gasteiger charge is -2.23. The van der Waals surface area contributed by atoms with Crippen molar-refractivity contribution in [2.75, 3.05) is 5.32 Å². The van der Waals surface area contributed by atoms with Crippen LogP contribution in [0, 0.1) is 11.8 Å². The van der Waals surface area contributed by atoms with Crippen LogP contribution in [0.1, 0.15) is 12.8 Å².